The van der Waals surface area contributed by atoms with Gasteiger partial charge in [0, 0.05) is 12.4 Å². The van der Waals surface area contributed by atoms with Crippen molar-refractivity contribution in [2.24, 2.45) is 4.99 Å². The number of allylic oxidation sites excluding steroid dienone is 9. The monoisotopic (exact) mass is 281 g/mol. The van der Waals surface area contributed by atoms with Gasteiger partial charge in [-0.25, -0.2) is 0 Å². The van der Waals surface area contributed by atoms with E-state index in [9.17, 15) is 0 Å². The summed E-state index contributed by atoms with van der Waals surface area (Å²) < 4.78 is 0. The van der Waals surface area contributed by atoms with E-state index in [1.165, 1.54) is 5.57 Å². The predicted molar refractivity (Wildman–Crippen MR) is 97.7 cm³/mol. The molecule has 0 aliphatic rings. The van der Waals surface area contributed by atoms with Crippen LogP contribution in [0.2, 0.25) is 0 Å². The summed E-state index contributed by atoms with van der Waals surface area (Å²) in [4.78, 5) is 4.28. The molecule has 1 nitrogen and oxygen atoms in total. The first kappa shape index (κ1) is 18.9. The normalized spacial score (nSPS) is 12.2. The van der Waals surface area contributed by atoms with Crippen molar-refractivity contribution in [3.63, 3.8) is 0 Å². The molecule has 0 spiro atoms. The molecule has 0 unspecified atom stereocenters. The highest BCUT2D eigenvalue weighted by Crippen LogP contribution is 2.20. The van der Waals surface area contributed by atoms with Crippen molar-refractivity contribution in [1.29, 1.82) is 0 Å². The second-order valence-electron chi connectivity index (χ2n) is 5.39. The number of nitrogens with zero attached hydrogens (tertiary/aromatic N) is 1. The molecule has 1 heteroatoms. The van der Waals surface area contributed by atoms with Crippen LogP contribution in [0.5, 0.6) is 0 Å². The van der Waals surface area contributed by atoms with Crippen LogP contribution in [-0.2, 0) is 0 Å². The van der Waals surface area contributed by atoms with E-state index in [0.29, 0.717) is 0 Å². The Morgan fingerprint density at radius 2 is 1.48 bits per heavy atom. The highest BCUT2D eigenvalue weighted by molar-refractivity contribution is 5.83. The van der Waals surface area contributed by atoms with E-state index < -0.39 is 0 Å². The Balaban J connectivity index is 5.43. The molecule has 0 aliphatic carbocycles. The van der Waals surface area contributed by atoms with Crippen LogP contribution >= 0.6 is 0 Å². The van der Waals surface area contributed by atoms with Crippen molar-refractivity contribution >= 4 is 6.21 Å². The molecule has 0 saturated carbocycles. The van der Waals surface area contributed by atoms with Crippen molar-refractivity contribution in [2.45, 2.75) is 34.6 Å². The van der Waals surface area contributed by atoms with Gasteiger partial charge < -0.3 is 0 Å². The number of rotatable bonds is 7. The van der Waals surface area contributed by atoms with Gasteiger partial charge in [-0.1, -0.05) is 49.1 Å². The summed E-state index contributed by atoms with van der Waals surface area (Å²) in [7, 11) is 0. The topological polar surface area (TPSA) is 12.4 Å². The molecule has 21 heavy (non-hydrogen) atoms. The molecule has 0 radical (unpaired) electrons. The zero-order valence-electron chi connectivity index (χ0n) is 14.1. The summed E-state index contributed by atoms with van der Waals surface area (Å²) in [5, 5.41) is 0. The maximum absolute atomic E-state index is 4.28. The molecule has 0 bridgehead atoms. The maximum Gasteiger partial charge on any atom is 0.0336 e. The second-order valence-corrected chi connectivity index (χ2v) is 5.39. The smallest absolute Gasteiger partial charge is 0.0336 e. The van der Waals surface area contributed by atoms with Crippen LogP contribution in [0, 0.1) is 0 Å². The summed E-state index contributed by atoms with van der Waals surface area (Å²) in [6.07, 6.45) is 7.45. The van der Waals surface area contributed by atoms with Crippen molar-refractivity contribution in [2.75, 3.05) is 0 Å². The molecular weight excluding hydrogens is 254 g/mol. The van der Waals surface area contributed by atoms with Gasteiger partial charge in [-0.15, -0.1) is 0 Å². The van der Waals surface area contributed by atoms with Crippen LogP contribution in [0.4, 0.5) is 0 Å². The molecule has 0 aliphatic heterocycles. The second kappa shape index (κ2) is 8.91. The van der Waals surface area contributed by atoms with Crippen LogP contribution in [0.3, 0.4) is 0 Å². The van der Waals surface area contributed by atoms with Gasteiger partial charge in [0.1, 0.15) is 0 Å². The van der Waals surface area contributed by atoms with Gasteiger partial charge >= 0.3 is 0 Å². The minimum absolute atomic E-state index is 0.829. The zero-order chi connectivity index (χ0) is 16.6. The fraction of sp³-hybridized carbons (Fsp3) is 0.250. The summed E-state index contributed by atoms with van der Waals surface area (Å²) in [5.74, 6) is 0. The van der Waals surface area contributed by atoms with E-state index in [1.54, 1.807) is 6.21 Å². The number of hydrogen-bond donors (Lipinski definition) is 0. The minimum atomic E-state index is 0.829. The lowest BCUT2D eigenvalue weighted by molar-refractivity contribution is 1.27. The predicted octanol–water partition coefficient (Wildman–Crippen LogP) is 6.12. The minimum Gasteiger partial charge on any atom is -0.264 e. The van der Waals surface area contributed by atoms with E-state index in [1.807, 2.05) is 33.0 Å². The van der Waals surface area contributed by atoms with Crippen LogP contribution in [-0.4, -0.2) is 6.21 Å². The Morgan fingerprint density at radius 3 is 1.86 bits per heavy atom. The SMILES string of the molecule is C=CC(=C\C(C(=C)C)=C(C)C)/C(C)=C/N=CC(=C)C(=C)C. The molecule has 0 amide bonds. The van der Waals surface area contributed by atoms with Gasteiger partial charge in [0.05, 0.1) is 0 Å². The first-order valence-electron chi connectivity index (χ1n) is 6.93. The molecule has 0 aromatic carbocycles. The third kappa shape index (κ3) is 6.71. The quantitative estimate of drug-likeness (QED) is 0.394. The Labute approximate surface area is 130 Å². The molecule has 0 aromatic heterocycles. The molecule has 0 saturated heterocycles. The highest BCUT2D eigenvalue weighted by Gasteiger charge is 2.01. The van der Waals surface area contributed by atoms with Crippen LogP contribution in [0.15, 0.2) is 88.7 Å². The largest absolute Gasteiger partial charge is 0.264 e. The van der Waals surface area contributed by atoms with Crippen molar-refractivity contribution in [3.05, 3.63) is 83.7 Å². The maximum atomic E-state index is 4.28. The van der Waals surface area contributed by atoms with Gasteiger partial charge in [0.2, 0.25) is 0 Å². The van der Waals surface area contributed by atoms with Gasteiger partial charge in [0.25, 0.3) is 0 Å². The third-order valence-corrected chi connectivity index (χ3v) is 3.02. The molecule has 0 fully saturated rings. The number of hydrogen-bond acceptors (Lipinski definition) is 1. The molecule has 112 valence electrons. The molecular formula is C20H27N. The fourth-order valence-electron chi connectivity index (χ4n) is 1.61. The Hall–Kier alpha value is -2.15. The first-order valence-corrected chi connectivity index (χ1v) is 6.93. The summed E-state index contributed by atoms with van der Waals surface area (Å²) in [6.45, 7) is 25.7. The molecule has 0 aromatic rings. The molecule has 0 rings (SSSR count). The van der Waals surface area contributed by atoms with Gasteiger partial charge in [0.15, 0.2) is 0 Å². The Morgan fingerprint density at radius 1 is 0.905 bits per heavy atom. The summed E-state index contributed by atoms with van der Waals surface area (Å²) >= 11 is 0. The van der Waals surface area contributed by atoms with Crippen LogP contribution in [0.1, 0.15) is 34.6 Å². The average Bonchev–Trinajstić information content (AvgIpc) is 2.38. The molecule has 0 atom stereocenters. The van der Waals surface area contributed by atoms with Crippen LogP contribution in [0.25, 0.3) is 0 Å². The lowest BCUT2D eigenvalue weighted by Gasteiger charge is -2.08. The standard InChI is InChI=1S/C20H27N/c1-10-19(11-20(15(4)5)16(6)7)18(9)13-21-12-17(8)14(2)3/h10-13H,1-2,4,8H2,3,5-7,9H3/b18-13+,19-11+,21-12?. The van der Waals surface area contributed by atoms with E-state index in [-0.39, 0.29) is 0 Å². The summed E-state index contributed by atoms with van der Waals surface area (Å²) in [5.41, 5.74) is 7.24. The summed E-state index contributed by atoms with van der Waals surface area (Å²) in [6, 6.07) is 0. The highest BCUT2D eigenvalue weighted by atomic mass is 14.7. The van der Waals surface area contributed by atoms with E-state index >= 15 is 0 Å². The lowest BCUT2D eigenvalue weighted by Crippen LogP contribution is -1.89. The number of aliphatic imine (C=N–C) groups is 1. The fourth-order valence-corrected chi connectivity index (χ4v) is 1.61. The van der Waals surface area contributed by atoms with Crippen molar-refractivity contribution in [3.8, 4) is 0 Å². The zero-order valence-corrected chi connectivity index (χ0v) is 14.1. The lowest BCUT2D eigenvalue weighted by atomic mass is 9.98. The first-order chi connectivity index (χ1) is 9.70. The van der Waals surface area contributed by atoms with Crippen LogP contribution < -0.4 is 0 Å². The van der Waals surface area contributed by atoms with Crippen molar-refractivity contribution in [1.82, 2.24) is 0 Å². The van der Waals surface area contributed by atoms with Gasteiger partial charge in [-0.3, -0.25) is 4.99 Å². The van der Waals surface area contributed by atoms with E-state index in [2.05, 4.69) is 51.2 Å². The van der Waals surface area contributed by atoms with Crippen molar-refractivity contribution < 1.29 is 0 Å². The third-order valence-electron chi connectivity index (χ3n) is 3.02. The molecule has 0 heterocycles. The molecule has 0 N–H and O–H groups in total. The average molecular weight is 281 g/mol. The Kier molecular flexibility index (Phi) is 8.00. The van der Waals surface area contributed by atoms with Gasteiger partial charge in [-0.05, 0) is 63.0 Å². The van der Waals surface area contributed by atoms with E-state index in [0.717, 1.165) is 33.4 Å². The van der Waals surface area contributed by atoms with E-state index in [4.69, 9.17) is 0 Å². The Bertz CT molecular complexity index is 571. The van der Waals surface area contributed by atoms with Gasteiger partial charge in [-0.2, -0.15) is 0 Å².